The van der Waals surface area contributed by atoms with E-state index in [1.54, 1.807) is 6.92 Å². The van der Waals surface area contributed by atoms with Crippen LogP contribution >= 0.6 is 11.6 Å². The second-order valence-corrected chi connectivity index (χ2v) is 5.15. The first-order valence-corrected chi connectivity index (χ1v) is 5.35. The summed E-state index contributed by atoms with van der Waals surface area (Å²) in [4.78, 5) is 22.8. The minimum atomic E-state index is -0.316. The first-order valence-electron chi connectivity index (χ1n) is 4.97. The predicted octanol–water partition coefficient (Wildman–Crippen LogP) is 1.78. The monoisotopic (exact) mass is 210 g/mol. The van der Waals surface area contributed by atoms with E-state index in [1.165, 1.54) is 0 Å². The standard InChI is InChI=1S/C11H11ClO2/c1-5(13)8-6-2-3-11(6)4-7(11)9(8)10(12)14/h2-3,6-9H,4H2,1H3/t6?,7?,8-,9+,11?/m1/s1. The molecule has 0 aromatic carbocycles. The average Bonchev–Trinajstić information content (AvgIpc) is 2.73. The van der Waals surface area contributed by atoms with E-state index in [9.17, 15) is 9.59 Å². The molecule has 0 heterocycles. The Balaban J connectivity index is 2.00. The molecule has 3 rings (SSSR count). The first kappa shape index (κ1) is 8.66. The van der Waals surface area contributed by atoms with Crippen LogP contribution < -0.4 is 0 Å². The van der Waals surface area contributed by atoms with Crippen LogP contribution in [0.25, 0.3) is 0 Å². The molecule has 3 unspecified atom stereocenters. The van der Waals surface area contributed by atoms with Gasteiger partial charge in [0.25, 0.3) is 0 Å². The molecule has 2 nitrogen and oxygen atoms in total. The number of carbonyl (C=O) groups excluding carboxylic acids is 2. The Bertz CT molecular complexity index is 373. The van der Waals surface area contributed by atoms with Crippen molar-refractivity contribution in [2.75, 3.05) is 0 Å². The molecule has 0 aromatic heterocycles. The lowest BCUT2D eigenvalue weighted by molar-refractivity contribution is -0.128. The van der Waals surface area contributed by atoms with Gasteiger partial charge in [0.1, 0.15) is 5.78 Å². The summed E-state index contributed by atoms with van der Waals surface area (Å²) in [6.07, 6.45) is 5.30. The number of hydrogen-bond donors (Lipinski definition) is 0. The maximum atomic E-state index is 11.5. The summed E-state index contributed by atoms with van der Waals surface area (Å²) in [5, 5.41) is -0.316. The summed E-state index contributed by atoms with van der Waals surface area (Å²) in [5.74, 6) is 0.428. The van der Waals surface area contributed by atoms with E-state index in [1.807, 2.05) is 0 Å². The van der Waals surface area contributed by atoms with Crippen LogP contribution in [0.4, 0.5) is 0 Å². The van der Waals surface area contributed by atoms with Gasteiger partial charge in [-0.3, -0.25) is 9.59 Å². The topological polar surface area (TPSA) is 34.1 Å². The lowest BCUT2D eigenvalue weighted by atomic mass is 9.72. The van der Waals surface area contributed by atoms with Crippen molar-refractivity contribution in [3.05, 3.63) is 12.2 Å². The molecule has 0 aromatic rings. The van der Waals surface area contributed by atoms with Crippen LogP contribution in [0.2, 0.25) is 0 Å². The van der Waals surface area contributed by atoms with E-state index in [0.717, 1.165) is 6.42 Å². The van der Waals surface area contributed by atoms with Gasteiger partial charge in [-0.2, -0.15) is 0 Å². The third-order valence-electron chi connectivity index (χ3n) is 4.28. The van der Waals surface area contributed by atoms with E-state index in [-0.39, 0.29) is 28.3 Å². The van der Waals surface area contributed by atoms with Crippen molar-refractivity contribution in [2.45, 2.75) is 13.3 Å². The summed E-state index contributed by atoms with van der Waals surface area (Å²) < 4.78 is 0. The molecular weight excluding hydrogens is 200 g/mol. The van der Waals surface area contributed by atoms with Gasteiger partial charge in [-0.05, 0) is 42.2 Å². The SMILES string of the molecule is CC(=O)[C@@H]1C2C=CC23CC3[C@@H]1C(=O)Cl. The molecule has 74 valence electrons. The Morgan fingerprint density at radius 3 is 2.57 bits per heavy atom. The third-order valence-corrected chi connectivity index (χ3v) is 4.53. The highest BCUT2D eigenvalue weighted by atomic mass is 35.5. The molecule has 1 spiro atoms. The quantitative estimate of drug-likeness (QED) is 0.514. The number of Topliss-reactive ketones (excluding diaryl/α,β-unsaturated/α-hetero) is 1. The Morgan fingerprint density at radius 1 is 1.43 bits per heavy atom. The van der Waals surface area contributed by atoms with Crippen LogP contribution in [-0.4, -0.2) is 11.0 Å². The molecule has 3 aliphatic carbocycles. The Morgan fingerprint density at radius 2 is 2.14 bits per heavy atom. The number of ketones is 1. The van der Waals surface area contributed by atoms with Gasteiger partial charge < -0.3 is 0 Å². The predicted molar refractivity (Wildman–Crippen MR) is 51.7 cm³/mol. The van der Waals surface area contributed by atoms with Crippen LogP contribution in [0.1, 0.15) is 13.3 Å². The summed E-state index contributed by atoms with van der Waals surface area (Å²) in [6.45, 7) is 1.57. The molecule has 0 amide bonds. The fourth-order valence-corrected chi connectivity index (χ4v) is 3.83. The smallest absolute Gasteiger partial charge is 0.225 e. The minimum absolute atomic E-state index is 0.116. The normalized spacial score (nSPS) is 51.9. The van der Waals surface area contributed by atoms with E-state index in [4.69, 9.17) is 11.6 Å². The van der Waals surface area contributed by atoms with Crippen molar-refractivity contribution in [3.8, 4) is 0 Å². The van der Waals surface area contributed by atoms with Crippen molar-refractivity contribution < 1.29 is 9.59 Å². The molecule has 0 saturated heterocycles. The summed E-state index contributed by atoms with van der Waals surface area (Å²) >= 11 is 5.58. The van der Waals surface area contributed by atoms with Crippen LogP contribution in [0.15, 0.2) is 12.2 Å². The first-order chi connectivity index (χ1) is 6.58. The highest BCUT2D eigenvalue weighted by Gasteiger charge is 2.73. The minimum Gasteiger partial charge on any atom is -0.300 e. The van der Waals surface area contributed by atoms with E-state index >= 15 is 0 Å². The molecular formula is C11H11ClO2. The largest absolute Gasteiger partial charge is 0.300 e. The van der Waals surface area contributed by atoms with E-state index in [2.05, 4.69) is 12.2 Å². The zero-order valence-corrected chi connectivity index (χ0v) is 8.62. The van der Waals surface area contributed by atoms with Gasteiger partial charge in [0.2, 0.25) is 5.24 Å². The van der Waals surface area contributed by atoms with Crippen LogP contribution in [0, 0.1) is 29.1 Å². The van der Waals surface area contributed by atoms with Gasteiger partial charge in [0.15, 0.2) is 0 Å². The van der Waals surface area contributed by atoms with Crippen LogP contribution in [0.5, 0.6) is 0 Å². The second-order valence-electron chi connectivity index (χ2n) is 4.77. The van der Waals surface area contributed by atoms with E-state index in [0.29, 0.717) is 11.8 Å². The van der Waals surface area contributed by atoms with Gasteiger partial charge in [0, 0.05) is 11.8 Å². The molecule has 5 atom stereocenters. The number of carbonyl (C=O) groups is 2. The summed E-state index contributed by atoms with van der Waals surface area (Å²) in [6, 6.07) is 0. The lowest BCUT2D eigenvalue weighted by Crippen LogP contribution is -2.32. The lowest BCUT2D eigenvalue weighted by Gasteiger charge is -2.31. The van der Waals surface area contributed by atoms with Gasteiger partial charge in [-0.25, -0.2) is 0 Å². The average molecular weight is 211 g/mol. The zero-order chi connectivity index (χ0) is 10.1. The van der Waals surface area contributed by atoms with Crippen LogP contribution in [0.3, 0.4) is 0 Å². The van der Waals surface area contributed by atoms with Crippen molar-refractivity contribution >= 4 is 22.6 Å². The third kappa shape index (κ3) is 0.750. The number of allylic oxidation sites excluding steroid dienone is 2. The van der Waals surface area contributed by atoms with Gasteiger partial charge in [-0.1, -0.05) is 12.2 Å². The summed E-state index contributed by atoms with van der Waals surface area (Å²) in [5.41, 5.74) is 0.200. The zero-order valence-electron chi connectivity index (χ0n) is 7.87. The van der Waals surface area contributed by atoms with Gasteiger partial charge in [-0.15, -0.1) is 0 Å². The highest BCUT2D eigenvalue weighted by Crippen LogP contribution is 2.76. The Kier molecular flexibility index (Phi) is 1.42. The molecule has 0 N–H and O–H groups in total. The fraction of sp³-hybridized carbons (Fsp3) is 0.636. The number of rotatable bonds is 2. The number of halogens is 1. The second kappa shape index (κ2) is 2.30. The van der Waals surface area contributed by atoms with E-state index < -0.39 is 0 Å². The molecule has 0 bridgehead atoms. The Hall–Kier alpha value is -0.630. The molecule has 3 aliphatic rings. The molecule has 14 heavy (non-hydrogen) atoms. The van der Waals surface area contributed by atoms with Crippen LogP contribution in [-0.2, 0) is 9.59 Å². The highest BCUT2D eigenvalue weighted by molar-refractivity contribution is 6.64. The maximum Gasteiger partial charge on any atom is 0.225 e. The molecule has 3 heteroatoms. The maximum absolute atomic E-state index is 11.5. The number of hydrogen-bond acceptors (Lipinski definition) is 2. The Labute approximate surface area is 87.3 Å². The molecule has 2 fully saturated rings. The van der Waals surface area contributed by atoms with Gasteiger partial charge in [0.05, 0.1) is 0 Å². The van der Waals surface area contributed by atoms with Crippen molar-refractivity contribution in [1.29, 1.82) is 0 Å². The molecule has 0 radical (unpaired) electrons. The van der Waals surface area contributed by atoms with Crippen molar-refractivity contribution in [1.82, 2.24) is 0 Å². The molecule has 0 aliphatic heterocycles. The summed E-state index contributed by atoms with van der Waals surface area (Å²) in [7, 11) is 0. The van der Waals surface area contributed by atoms with Gasteiger partial charge >= 0.3 is 0 Å². The fourth-order valence-electron chi connectivity index (χ4n) is 3.55. The van der Waals surface area contributed by atoms with Crippen molar-refractivity contribution in [2.24, 2.45) is 29.1 Å². The molecule has 2 saturated carbocycles. The van der Waals surface area contributed by atoms with Crippen molar-refractivity contribution in [3.63, 3.8) is 0 Å².